The van der Waals surface area contributed by atoms with E-state index in [1.807, 2.05) is 7.05 Å². The Morgan fingerprint density at radius 1 is 1.00 bits per heavy atom. The number of nitrogens with zero attached hydrogens (tertiary/aromatic N) is 1. The van der Waals surface area contributed by atoms with Crippen LogP contribution in [0, 0.1) is 17.6 Å². The summed E-state index contributed by atoms with van der Waals surface area (Å²) in [7, 11) is 3.45. The van der Waals surface area contributed by atoms with Gasteiger partial charge in [0, 0.05) is 12.1 Å². The zero-order chi connectivity index (χ0) is 20.5. The Bertz CT molecular complexity index is 810. The Kier molecular flexibility index (Phi) is 5.65. The van der Waals surface area contributed by atoms with Gasteiger partial charge >= 0.3 is 5.97 Å². The van der Waals surface area contributed by atoms with Crippen molar-refractivity contribution >= 4 is 5.97 Å². The van der Waals surface area contributed by atoms with E-state index in [9.17, 15) is 13.6 Å². The SMILES string of the molecule is COC(=O)[C@@H]1[C@H](OC(c2ccc(F)cc2)c2ccc(F)cc2)CC2CC[C@@H]1N2C. The molecule has 0 radical (unpaired) electrons. The number of carbonyl (C=O) groups excluding carboxylic acids is 1. The summed E-state index contributed by atoms with van der Waals surface area (Å²) in [5.41, 5.74) is 1.51. The quantitative estimate of drug-likeness (QED) is 0.708. The van der Waals surface area contributed by atoms with Crippen LogP contribution in [0.25, 0.3) is 0 Å². The number of hydrogen-bond acceptors (Lipinski definition) is 4. The van der Waals surface area contributed by atoms with Crippen LogP contribution in [0.4, 0.5) is 8.78 Å². The first-order chi connectivity index (χ1) is 14.0. The topological polar surface area (TPSA) is 38.8 Å². The Morgan fingerprint density at radius 2 is 1.55 bits per heavy atom. The van der Waals surface area contributed by atoms with Crippen molar-refractivity contribution in [3.63, 3.8) is 0 Å². The fraction of sp³-hybridized carbons (Fsp3) is 0.435. The van der Waals surface area contributed by atoms with Crippen LogP contribution in [-0.4, -0.2) is 43.2 Å². The number of methoxy groups -OCH3 is 1. The minimum absolute atomic E-state index is 0.0771. The molecule has 2 saturated heterocycles. The van der Waals surface area contributed by atoms with Gasteiger partial charge < -0.3 is 9.47 Å². The van der Waals surface area contributed by atoms with Crippen LogP contribution in [0.15, 0.2) is 48.5 Å². The van der Waals surface area contributed by atoms with Crippen LogP contribution in [-0.2, 0) is 14.3 Å². The largest absolute Gasteiger partial charge is 0.469 e. The standard InChI is InChI=1S/C23H25F2NO3/c1-26-18-11-12-19(26)21(23(27)28-2)20(13-18)29-22(14-3-7-16(24)8-4-14)15-5-9-17(25)10-6-15/h3-10,18-22H,11-13H2,1-2H3/t18?,19-,20+,21-/m0/s1. The first-order valence-corrected chi connectivity index (χ1v) is 9.94. The number of rotatable bonds is 5. The van der Waals surface area contributed by atoms with Gasteiger partial charge in [-0.25, -0.2) is 8.78 Å². The van der Waals surface area contributed by atoms with Gasteiger partial charge in [-0.3, -0.25) is 9.69 Å². The first-order valence-electron chi connectivity index (χ1n) is 9.94. The Morgan fingerprint density at radius 3 is 2.07 bits per heavy atom. The average Bonchev–Trinajstić information content (AvgIpc) is 2.96. The molecule has 29 heavy (non-hydrogen) atoms. The molecule has 2 bridgehead atoms. The van der Waals surface area contributed by atoms with Gasteiger partial charge in [0.2, 0.25) is 0 Å². The van der Waals surface area contributed by atoms with Crippen LogP contribution in [0.3, 0.4) is 0 Å². The van der Waals surface area contributed by atoms with E-state index in [1.165, 1.54) is 31.4 Å². The number of benzene rings is 2. The smallest absolute Gasteiger partial charge is 0.312 e. The fourth-order valence-electron chi connectivity index (χ4n) is 4.81. The van der Waals surface area contributed by atoms with Crippen molar-refractivity contribution in [3.05, 3.63) is 71.3 Å². The highest BCUT2D eigenvalue weighted by Gasteiger charge is 2.50. The molecule has 2 fully saturated rings. The lowest BCUT2D eigenvalue weighted by molar-refractivity contribution is -0.162. The third-order valence-electron chi connectivity index (χ3n) is 6.34. The maximum absolute atomic E-state index is 13.5. The molecule has 4 atom stereocenters. The fourth-order valence-corrected chi connectivity index (χ4v) is 4.81. The lowest BCUT2D eigenvalue weighted by Gasteiger charge is -2.42. The molecule has 154 valence electrons. The lowest BCUT2D eigenvalue weighted by Crippen LogP contribution is -2.53. The number of carbonyl (C=O) groups is 1. The van der Waals surface area contributed by atoms with Crippen molar-refractivity contribution in [2.45, 2.75) is 43.6 Å². The van der Waals surface area contributed by atoms with Crippen LogP contribution < -0.4 is 0 Å². The van der Waals surface area contributed by atoms with Crippen molar-refractivity contribution in [2.75, 3.05) is 14.2 Å². The van der Waals surface area contributed by atoms with Crippen LogP contribution in [0.2, 0.25) is 0 Å². The molecule has 4 nitrogen and oxygen atoms in total. The summed E-state index contributed by atoms with van der Waals surface area (Å²) >= 11 is 0. The second-order valence-corrected chi connectivity index (χ2v) is 7.91. The van der Waals surface area contributed by atoms with Gasteiger partial charge in [-0.15, -0.1) is 0 Å². The van der Waals surface area contributed by atoms with Gasteiger partial charge in [0.25, 0.3) is 0 Å². The molecule has 0 saturated carbocycles. The minimum Gasteiger partial charge on any atom is -0.469 e. The molecule has 0 spiro atoms. The molecule has 0 aromatic heterocycles. The number of esters is 1. The molecule has 0 N–H and O–H groups in total. The third kappa shape index (κ3) is 3.91. The molecule has 4 rings (SSSR count). The molecule has 1 unspecified atom stereocenters. The Hall–Kier alpha value is -2.31. The number of hydrogen-bond donors (Lipinski definition) is 0. The van der Waals surface area contributed by atoms with E-state index >= 15 is 0 Å². The zero-order valence-corrected chi connectivity index (χ0v) is 16.6. The van der Waals surface area contributed by atoms with E-state index in [1.54, 1.807) is 24.3 Å². The maximum atomic E-state index is 13.5. The van der Waals surface area contributed by atoms with Crippen molar-refractivity contribution < 1.29 is 23.0 Å². The summed E-state index contributed by atoms with van der Waals surface area (Å²) < 4.78 is 38.6. The average molecular weight is 401 g/mol. The molecule has 2 aliphatic heterocycles. The van der Waals surface area contributed by atoms with E-state index in [0.717, 1.165) is 24.0 Å². The third-order valence-corrected chi connectivity index (χ3v) is 6.34. The number of fused-ring (bicyclic) bond motifs is 2. The monoisotopic (exact) mass is 401 g/mol. The zero-order valence-electron chi connectivity index (χ0n) is 16.6. The van der Waals surface area contributed by atoms with Gasteiger partial charge in [0.1, 0.15) is 17.7 Å². The Balaban J connectivity index is 1.68. The number of ether oxygens (including phenoxy) is 2. The summed E-state index contributed by atoms with van der Waals surface area (Å²) in [6.07, 6.45) is 1.80. The maximum Gasteiger partial charge on any atom is 0.312 e. The second-order valence-electron chi connectivity index (χ2n) is 7.91. The predicted molar refractivity (Wildman–Crippen MR) is 104 cm³/mol. The van der Waals surface area contributed by atoms with Crippen LogP contribution in [0.1, 0.15) is 36.5 Å². The van der Waals surface area contributed by atoms with Crippen molar-refractivity contribution in [1.82, 2.24) is 4.90 Å². The summed E-state index contributed by atoms with van der Waals surface area (Å²) in [4.78, 5) is 14.9. The van der Waals surface area contributed by atoms with E-state index in [0.29, 0.717) is 12.5 Å². The molecule has 0 aliphatic carbocycles. The predicted octanol–water partition coefficient (Wildman–Crippen LogP) is 4.10. The lowest BCUT2D eigenvalue weighted by atomic mass is 9.87. The van der Waals surface area contributed by atoms with E-state index in [-0.39, 0.29) is 29.7 Å². The molecular weight excluding hydrogens is 376 g/mol. The minimum atomic E-state index is -0.531. The summed E-state index contributed by atoms with van der Waals surface area (Å²) in [6, 6.07) is 12.6. The van der Waals surface area contributed by atoms with Gasteiger partial charge in [-0.2, -0.15) is 0 Å². The molecular formula is C23H25F2NO3. The van der Waals surface area contributed by atoms with Crippen molar-refractivity contribution in [1.29, 1.82) is 0 Å². The van der Waals surface area contributed by atoms with Gasteiger partial charge in [-0.05, 0) is 61.7 Å². The summed E-state index contributed by atoms with van der Waals surface area (Å²) in [5.74, 6) is -1.34. The van der Waals surface area contributed by atoms with Crippen LogP contribution in [0.5, 0.6) is 0 Å². The molecule has 2 aromatic carbocycles. The van der Waals surface area contributed by atoms with Crippen molar-refractivity contribution in [2.24, 2.45) is 5.92 Å². The molecule has 2 heterocycles. The highest BCUT2D eigenvalue weighted by molar-refractivity contribution is 5.74. The Labute approximate surface area is 169 Å². The summed E-state index contributed by atoms with van der Waals surface area (Å²) in [5, 5.41) is 0. The van der Waals surface area contributed by atoms with Crippen LogP contribution >= 0.6 is 0 Å². The number of piperidine rings is 1. The molecule has 0 amide bonds. The van der Waals surface area contributed by atoms with E-state index in [2.05, 4.69) is 4.90 Å². The summed E-state index contributed by atoms with van der Waals surface area (Å²) in [6.45, 7) is 0. The normalized spacial score (nSPS) is 26.7. The molecule has 2 aliphatic rings. The van der Waals surface area contributed by atoms with Gasteiger partial charge in [0.05, 0.1) is 19.1 Å². The van der Waals surface area contributed by atoms with Crippen molar-refractivity contribution in [3.8, 4) is 0 Å². The number of halogens is 2. The molecule has 2 aromatic rings. The van der Waals surface area contributed by atoms with E-state index < -0.39 is 12.0 Å². The molecule has 6 heteroatoms. The highest BCUT2D eigenvalue weighted by Crippen LogP contribution is 2.42. The highest BCUT2D eigenvalue weighted by atomic mass is 19.1. The van der Waals surface area contributed by atoms with Gasteiger partial charge in [0.15, 0.2) is 0 Å². The first kappa shape index (κ1) is 20.0. The second kappa shape index (κ2) is 8.20. The van der Waals surface area contributed by atoms with E-state index in [4.69, 9.17) is 9.47 Å². The van der Waals surface area contributed by atoms with Gasteiger partial charge in [-0.1, -0.05) is 24.3 Å².